The van der Waals surface area contributed by atoms with Gasteiger partial charge in [0.25, 0.3) is 5.56 Å². The molecular weight excluding hydrogens is 434 g/mol. The molecule has 3 N–H and O–H groups in total. The number of carbonyl (C=O) groups is 1. The summed E-state index contributed by atoms with van der Waals surface area (Å²) < 4.78 is 1.69. The number of piperidine rings is 1. The van der Waals surface area contributed by atoms with E-state index in [1.54, 1.807) is 16.8 Å². The highest BCUT2D eigenvalue weighted by Crippen LogP contribution is 2.43. The number of rotatable bonds is 6. The zero-order valence-electron chi connectivity index (χ0n) is 19.6. The number of nitrogens with zero attached hydrogens (tertiary/aromatic N) is 4. The molecule has 34 heavy (non-hydrogen) atoms. The van der Waals surface area contributed by atoms with Crippen molar-refractivity contribution in [2.24, 2.45) is 16.1 Å². The van der Waals surface area contributed by atoms with Crippen LogP contribution in [0.2, 0.25) is 0 Å². The zero-order chi connectivity index (χ0) is 23.8. The lowest BCUT2D eigenvalue weighted by Crippen LogP contribution is -2.38. The fourth-order valence-electron chi connectivity index (χ4n) is 5.64. The number of carboxylic acids is 1. The minimum atomic E-state index is -0.780. The predicted octanol–water partition coefficient (Wildman–Crippen LogP) is 4.76. The predicted molar refractivity (Wildman–Crippen MR) is 127 cm³/mol. The molecule has 3 fully saturated rings. The molecule has 2 saturated carbocycles. The smallest absolute Gasteiger partial charge is 0.306 e. The van der Waals surface area contributed by atoms with Gasteiger partial charge in [-0.1, -0.05) is 18.6 Å². The van der Waals surface area contributed by atoms with Gasteiger partial charge in [-0.15, -0.1) is 10.2 Å². The van der Waals surface area contributed by atoms with E-state index >= 15 is 0 Å². The zero-order valence-corrected chi connectivity index (χ0v) is 19.6. The third-order valence-electron chi connectivity index (χ3n) is 7.76. The Morgan fingerprint density at radius 2 is 1.82 bits per heavy atom. The maximum Gasteiger partial charge on any atom is 0.306 e. The summed E-state index contributed by atoms with van der Waals surface area (Å²) in [6.45, 7) is 3.85. The average molecular weight is 468 g/mol. The van der Waals surface area contributed by atoms with Crippen LogP contribution in [0.3, 0.4) is 0 Å². The van der Waals surface area contributed by atoms with Crippen molar-refractivity contribution < 1.29 is 15.0 Å². The van der Waals surface area contributed by atoms with Crippen LogP contribution in [0.25, 0.3) is 0 Å². The van der Waals surface area contributed by atoms with E-state index in [0.29, 0.717) is 29.8 Å². The minimum absolute atomic E-state index is 0.0169. The number of aromatic amines is 1. The van der Waals surface area contributed by atoms with Crippen molar-refractivity contribution in [2.75, 3.05) is 13.1 Å². The maximum absolute atomic E-state index is 13.1. The van der Waals surface area contributed by atoms with Crippen LogP contribution >= 0.6 is 0 Å². The number of aliphatic carboxylic acids is 1. The molecule has 2 atom stereocenters. The largest absolute Gasteiger partial charge is 0.505 e. The third kappa shape index (κ3) is 4.53. The van der Waals surface area contributed by atoms with Gasteiger partial charge in [-0.3, -0.25) is 14.7 Å². The van der Waals surface area contributed by atoms with E-state index in [4.69, 9.17) is 0 Å². The van der Waals surface area contributed by atoms with Crippen LogP contribution in [0, 0.1) is 12.8 Å². The van der Waals surface area contributed by atoms with E-state index in [1.807, 2.05) is 13.0 Å². The van der Waals surface area contributed by atoms with Crippen molar-refractivity contribution in [3.63, 3.8) is 0 Å². The molecule has 2 aliphatic carbocycles. The van der Waals surface area contributed by atoms with Gasteiger partial charge >= 0.3 is 5.97 Å². The summed E-state index contributed by atoms with van der Waals surface area (Å²) in [5.41, 5.74) is 1.73. The first kappa shape index (κ1) is 22.8. The number of hydrogen-bond donors (Lipinski definition) is 3. The molecule has 1 aromatic carbocycles. The van der Waals surface area contributed by atoms with E-state index in [2.05, 4.69) is 20.2 Å². The fourth-order valence-corrected chi connectivity index (χ4v) is 5.64. The van der Waals surface area contributed by atoms with Crippen molar-refractivity contribution in [2.45, 2.75) is 76.3 Å². The SMILES string of the molecule is Cc1[nH]n(C2CCN(C3CC3)CC2)c(=O)c1N=Nc1cccc(C2CCCC(C(=O)O)C2)c1O. The summed E-state index contributed by atoms with van der Waals surface area (Å²) in [4.78, 5) is 27.0. The Morgan fingerprint density at radius 1 is 1.06 bits per heavy atom. The molecular formula is C25H33N5O4. The Labute approximate surface area is 198 Å². The van der Waals surface area contributed by atoms with Crippen LogP contribution in [0.1, 0.15) is 74.6 Å². The fraction of sp³-hybridized carbons (Fsp3) is 0.600. The first-order valence-corrected chi connectivity index (χ1v) is 12.4. The van der Waals surface area contributed by atoms with Crippen molar-refractivity contribution in [3.05, 3.63) is 39.8 Å². The van der Waals surface area contributed by atoms with Crippen LogP contribution in [-0.2, 0) is 4.79 Å². The number of azo groups is 1. The summed E-state index contributed by atoms with van der Waals surface area (Å²) >= 11 is 0. The Morgan fingerprint density at radius 3 is 2.53 bits per heavy atom. The molecule has 2 aromatic rings. The number of hydrogen-bond acceptors (Lipinski definition) is 6. The first-order valence-electron chi connectivity index (χ1n) is 12.4. The highest BCUT2D eigenvalue weighted by atomic mass is 16.4. The number of H-pyrrole nitrogens is 1. The Balaban J connectivity index is 1.33. The molecule has 3 aliphatic rings. The highest BCUT2D eigenvalue weighted by Gasteiger charge is 2.33. The van der Waals surface area contributed by atoms with Crippen molar-refractivity contribution >= 4 is 17.3 Å². The summed E-state index contributed by atoms with van der Waals surface area (Å²) in [5.74, 6) is -1.18. The number of para-hydroxylation sites is 1. The molecule has 1 aromatic heterocycles. The summed E-state index contributed by atoms with van der Waals surface area (Å²) in [6.07, 6.45) is 7.29. The van der Waals surface area contributed by atoms with Gasteiger partial charge in [-0.25, -0.2) is 4.68 Å². The van der Waals surface area contributed by atoms with Gasteiger partial charge in [-0.2, -0.15) is 0 Å². The van der Waals surface area contributed by atoms with Crippen LogP contribution < -0.4 is 5.56 Å². The van der Waals surface area contributed by atoms with Crippen LogP contribution in [0.4, 0.5) is 11.4 Å². The summed E-state index contributed by atoms with van der Waals surface area (Å²) in [6, 6.07) is 6.17. The number of likely N-dealkylation sites (tertiary alicyclic amines) is 1. The van der Waals surface area contributed by atoms with Gasteiger partial charge < -0.3 is 15.1 Å². The number of benzene rings is 1. The molecule has 0 amide bonds. The molecule has 182 valence electrons. The van der Waals surface area contributed by atoms with E-state index in [1.165, 1.54) is 12.8 Å². The molecule has 9 heteroatoms. The second-order valence-electron chi connectivity index (χ2n) is 10.1. The monoisotopic (exact) mass is 467 g/mol. The highest BCUT2D eigenvalue weighted by molar-refractivity contribution is 5.70. The molecule has 5 rings (SSSR count). The van der Waals surface area contributed by atoms with Crippen LogP contribution in [0.15, 0.2) is 33.2 Å². The van der Waals surface area contributed by atoms with Crippen molar-refractivity contribution in [1.82, 2.24) is 14.7 Å². The van der Waals surface area contributed by atoms with Crippen LogP contribution in [0.5, 0.6) is 5.75 Å². The number of aryl methyl sites for hydroxylation is 1. The Kier molecular flexibility index (Phi) is 6.29. The molecule has 1 saturated heterocycles. The van der Waals surface area contributed by atoms with Crippen LogP contribution in [-0.4, -0.2) is 50.0 Å². The van der Waals surface area contributed by atoms with E-state index < -0.39 is 5.97 Å². The molecule has 0 spiro atoms. The van der Waals surface area contributed by atoms with E-state index in [-0.39, 0.29) is 34.9 Å². The van der Waals surface area contributed by atoms with Gasteiger partial charge in [0.15, 0.2) is 5.69 Å². The average Bonchev–Trinajstić information content (AvgIpc) is 3.65. The normalized spacial score (nSPS) is 24.6. The van der Waals surface area contributed by atoms with Gasteiger partial charge in [-0.05, 0) is 69.4 Å². The van der Waals surface area contributed by atoms with Gasteiger partial charge in [0, 0.05) is 19.1 Å². The topological polar surface area (TPSA) is 123 Å². The molecule has 0 bridgehead atoms. The lowest BCUT2D eigenvalue weighted by molar-refractivity contribution is -0.143. The van der Waals surface area contributed by atoms with Gasteiger partial charge in [0.1, 0.15) is 11.4 Å². The van der Waals surface area contributed by atoms with E-state index in [0.717, 1.165) is 44.8 Å². The summed E-state index contributed by atoms with van der Waals surface area (Å²) in [7, 11) is 0. The summed E-state index contributed by atoms with van der Waals surface area (Å²) in [5, 5.41) is 31.9. The Hall–Kier alpha value is -2.94. The number of phenolic OH excluding ortho intramolecular Hbond substituents is 1. The number of phenols is 1. The molecule has 2 heterocycles. The van der Waals surface area contributed by atoms with Gasteiger partial charge in [0.2, 0.25) is 0 Å². The molecule has 0 radical (unpaired) electrons. The number of aromatic hydroxyl groups is 1. The second-order valence-corrected chi connectivity index (χ2v) is 10.1. The van der Waals surface area contributed by atoms with Crippen molar-refractivity contribution in [3.8, 4) is 5.75 Å². The van der Waals surface area contributed by atoms with Gasteiger partial charge in [0.05, 0.1) is 17.7 Å². The molecule has 2 unspecified atom stereocenters. The minimum Gasteiger partial charge on any atom is -0.505 e. The maximum atomic E-state index is 13.1. The number of nitrogens with one attached hydrogen (secondary N) is 1. The third-order valence-corrected chi connectivity index (χ3v) is 7.76. The number of aromatic nitrogens is 2. The number of carboxylic acid groups (broad SMARTS) is 1. The first-order chi connectivity index (χ1) is 16.4. The second kappa shape index (κ2) is 9.37. The molecule has 1 aliphatic heterocycles. The Bertz CT molecular complexity index is 1140. The quantitative estimate of drug-likeness (QED) is 0.528. The lowest BCUT2D eigenvalue weighted by atomic mass is 9.77. The van der Waals surface area contributed by atoms with Crippen molar-refractivity contribution in [1.29, 1.82) is 0 Å². The van der Waals surface area contributed by atoms with E-state index in [9.17, 15) is 19.8 Å². The lowest BCUT2D eigenvalue weighted by Gasteiger charge is -2.32. The molecule has 9 nitrogen and oxygen atoms in total. The standard InChI is InChI=1S/C25H33N5O4/c1-15-22(24(32)30(28-15)19-10-12-29(13-11-19)18-8-9-18)27-26-21-7-3-6-20(23(21)31)16-4-2-5-17(14-16)25(33)34/h3,6-7,16-19,28,31H,2,4-5,8-14H2,1H3,(H,33,34).